The first-order chi connectivity index (χ1) is 10.3. The lowest BCUT2D eigenvalue weighted by atomic mass is 10.2. The van der Waals surface area contributed by atoms with Gasteiger partial charge in [0.05, 0.1) is 5.75 Å². The van der Waals surface area contributed by atoms with Crippen LogP contribution in [0.15, 0.2) is 24.3 Å². The third kappa shape index (κ3) is 7.14. The van der Waals surface area contributed by atoms with Gasteiger partial charge in [0, 0.05) is 25.1 Å². The molecule has 9 heteroatoms. The first kappa shape index (κ1) is 18.1. The fourth-order valence-electron chi connectivity index (χ4n) is 1.53. The minimum atomic E-state index is -3.37. The Balaban J connectivity index is 2.27. The molecule has 0 radical (unpaired) electrons. The molecule has 0 aromatic heterocycles. The van der Waals surface area contributed by atoms with Gasteiger partial charge < -0.3 is 10.6 Å². The highest BCUT2D eigenvalue weighted by molar-refractivity contribution is 7.89. The number of carbonyl (C=O) groups is 2. The van der Waals surface area contributed by atoms with Gasteiger partial charge >= 0.3 is 0 Å². The number of amides is 2. The van der Waals surface area contributed by atoms with E-state index in [1.807, 2.05) is 0 Å². The monoisotopic (exact) mass is 331 g/mol. The second-order valence-corrected chi connectivity index (χ2v) is 6.48. The smallest absolute Gasteiger partial charge is 0.224 e. The molecule has 0 atom stereocenters. The van der Waals surface area contributed by atoms with Crippen LogP contribution in [-0.2, 0) is 19.6 Å². The van der Waals surface area contributed by atoms with E-state index in [1.165, 1.54) is 31.3 Å². The Morgan fingerprint density at radius 2 is 1.86 bits per heavy atom. The van der Waals surface area contributed by atoms with Crippen LogP contribution in [0.2, 0.25) is 0 Å². The maximum absolute atomic E-state index is 12.9. The van der Waals surface area contributed by atoms with Crippen molar-refractivity contribution >= 4 is 27.5 Å². The van der Waals surface area contributed by atoms with Crippen LogP contribution in [-0.4, -0.2) is 39.6 Å². The minimum Gasteiger partial charge on any atom is -0.355 e. The fourth-order valence-corrected chi connectivity index (χ4v) is 2.11. The molecule has 22 heavy (non-hydrogen) atoms. The van der Waals surface area contributed by atoms with Crippen molar-refractivity contribution in [2.75, 3.05) is 24.7 Å². The molecule has 1 rings (SSSR count). The number of carbonyl (C=O) groups excluding carboxylic acids is 2. The first-order valence-corrected chi connectivity index (χ1v) is 8.21. The number of anilines is 1. The molecular formula is C13H18FN3O4S. The lowest BCUT2D eigenvalue weighted by molar-refractivity contribution is -0.124. The summed E-state index contributed by atoms with van der Waals surface area (Å²) in [6, 6.07) is 5.41. The maximum atomic E-state index is 12.9. The third-order valence-corrected chi connectivity index (χ3v) is 4.06. The molecule has 0 saturated heterocycles. The standard InChI is InChI=1S/C13H18FN3O4S/c1-15-22(20,21)8-7-16-12(18)5-6-13(19)17-11-4-2-3-10(14)9-11/h2-4,9,15H,5-8H2,1H3,(H,16,18)(H,17,19). The predicted molar refractivity (Wildman–Crippen MR) is 80.1 cm³/mol. The van der Waals surface area contributed by atoms with Gasteiger partial charge in [-0.25, -0.2) is 17.5 Å². The number of hydrogen-bond donors (Lipinski definition) is 3. The summed E-state index contributed by atoms with van der Waals surface area (Å²) < 4.78 is 37.3. The summed E-state index contributed by atoms with van der Waals surface area (Å²) >= 11 is 0. The van der Waals surface area contributed by atoms with Gasteiger partial charge in [-0.3, -0.25) is 9.59 Å². The second-order valence-electron chi connectivity index (χ2n) is 4.43. The van der Waals surface area contributed by atoms with E-state index in [4.69, 9.17) is 0 Å². The molecule has 0 spiro atoms. The molecule has 0 heterocycles. The van der Waals surface area contributed by atoms with E-state index in [0.29, 0.717) is 5.69 Å². The zero-order chi connectivity index (χ0) is 16.6. The molecule has 122 valence electrons. The quantitative estimate of drug-likeness (QED) is 0.633. The van der Waals surface area contributed by atoms with Crippen molar-refractivity contribution in [3.63, 3.8) is 0 Å². The Morgan fingerprint density at radius 3 is 2.50 bits per heavy atom. The van der Waals surface area contributed by atoms with Crippen molar-refractivity contribution in [1.29, 1.82) is 0 Å². The summed E-state index contributed by atoms with van der Waals surface area (Å²) in [5.41, 5.74) is 0.311. The van der Waals surface area contributed by atoms with Crippen LogP contribution in [0.5, 0.6) is 0 Å². The van der Waals surface area contributed by atoms with Crippen molar-refractivity contribution in [3.8, 4) is 0 Å². The number of nitrogens with one attached hydrogen (secondary N) is 3. The van der Waals surface area contributed by atoms with Crippen LogP contribution >= 0.6 is 0 Å². The number of halogens is 1. The van der Waals surface area contributed by atoms with E-state index in [1.54, 1.807) is 0 Å². The van der Waals surface area contributed by atoms with E-state index in [9.17, 15) is 22.4 Å². The third-order valence-electron chi connectivity index (χ3n) is 2.69. The minimum absolute atomic E-state index is 0.0342. The normalized spacial score (nSPS) is 11.0. The molecule has 3 N–H and O–H groups in total. The lowest BCUT2D eigenvalue weighted by Crippen LogP contribution is -2.33. The van der Waals surface area contributed by atoms with Crippen LogP contribution in [0.1, 0.15) is 12.8 Å². The van der Waals surface area contributed by atoms with E-state index in [0.717, 1.165) is 0 Å². The second kappa shape index (κ2) is 8.44. The zero-order valence-corrected chi connectivity index (χ0v) is 12.9. The topological polar surface area (TPSA) is 104 Å². The van der Waals surface area contributed by atoms with Gasteiger partial charge in [0.1, 0.15) is 5.82 Å². The van der Waals surface area contributed by atoms with Crippen LogP contribution in [0, 0.1) is 5.82 Å². The number of hydrogen-bond acceptors (Lipinski definition) is 4. The maximum Gasteiger partial charge on any atom is 0.224 e. The summed E-state index contributed by atoms with van der Waals surface area (Å²) in [5.74, 6) is -1.56. The van der Waals surface area contributed by atoms with Crippen molar-refractivity contribution in [1.82, 2.24) is 10.0 Å². The van der Waals surface area contributed by atoms with Gasteiger partial charge in [-0.15, -0.1) is 0 Å². The van der Waals surface area contributed by atoms with Gasteiger partial charge in [0.2, 0.25) is 21.8 Å². The molecule has 0 saturated carbocycles. The highest BCUT2D eigenvalue weighted by atomic mass is 32.2. The van der Waals surface area contributed by atoms with E-state index in [2.05, 4.69) is 15.4 Å². The Morgan fingerprint density at radius 1 is 1.18 bits per heavy atom. The molecule has 0 fully saturated rings. The van der Waals surface area contributed by atoms with E-state index in [-0.39, 0.29) is 25.1 Å². The van der Waals surface area contributed by atoms with Crippen LogP contribution in [0.25, 0.3) is 0 Å². The average Bonchev–Trinajstić information content (AvgIpc) is 2.45. The lowest BCUT2D eigenvalue weighted by Gasteiger charge is -2.07. The molecular weight excluding hydrogens is 313 g/mol. The van der Waals surface area contributed by atoms with Gasteiger partial charge in [0.25, 0.3) is 0 Å². The fraction of sp³-hybridized carbons (Fsp3) is 0.385. The molecule has 0 bridgehead atoms. The van der Waals surface area contributed by atoms with Gasteiger partial charge in [-0.2, -0.15) is 0 Å². The van der Waals surface area contributed by atoms with E-state index >= 15 is 0 Å². The molecule has 2 amide bonds. The van der Waals surface area contributed by atoms with Crippen molar-refractivity contribution in [2.24, 2.45) is 0 Å². The summed E-state index contributed by atoms with van der Waals surface area (Å²) in [5, 5.41) is 4.87. The van der Waals surface area contributed by atoms with Crippen molar-refractivity contribution in [3.05, 3.63) is 30.1 Å². The predicted octanol–water partition coefficient (Wildman–Crippen LogP) is 0.210. The SMILES string of the molecule is CNS(=O)(=O)CCNC(=O)CCC(=O)Nc1cccc(F)c1. The highest BCUT2D eigenvalue weighted by Gasteiger charge is 2.10. The molecule has 0 aliphatic heterocycles. The molecule has 1 aromatic rings. The van der Waals surface area contributed by atoms with Gasteiger partial charge in [-0.1, -0.05) is 6.07 Å². The highest BCUT2D eigenvalue weighted by Crippen LogP contribution is 2.09. The number of benzene rings is 1. The van der Waals surface area contributed by atoms with Crippen LogP contribution in [0.4, 0.5) is 10.1 Å². The molecule has 0 unspecified atom stereocenters. The summed E-state index contributed by atoms with van der Waals surface area (Å²) in [7, 11) is -2.09. The largest absolute Gasteiger partial charge is 0.355 e. The zero-order valence-electron chi connectivity index (χ0n) is 12.1. The molecule has 7 nitrogen and oxygen atoms in total. The average molecular weight is 331 g/mol. The van der Waals surface area contributed by atoms with Crippen LogP contribution < -0.4 is 15.4 Å². The van der Waals surface area contributed by atoms with Crippen molar-refractivity contribution < 1.29 is 22.4 Å². The Hall–Kier alpha value is -2.00. The number of sulfonamides is 1. The summed E-state index contributed by atoms with van der Waals surface area (Å²) in [6.45, 7) is -0.0342. The Bertz CT molecular complexity index is 634. The summed E-state index contributed by atoms with van der Waals surface area (Å²) in [4.78, 5) is 23.1. The molecule has 0 aliphatic rings. The molecule has 1 aromatic carbocycles. The van der Waals surface area contributed by atoms with Gasteiger partial charge in [-0.05, 0) is 25.2 Å². The van der Waals surface area contributed by atoms with Crippen LogP contribution in [0.3, 0.4) is 0 Å². The Kier molecular flexibility index (Phi) is 6.93. The van der Waals surface area contributed by atoms with Crippen molar-refractivity contribution in [2.45, 2.75) is 12.8 Å². The number of rotatable bonds is 8. The van der Waals surface area contributed by atoms with E-state index < -0.39 is 27.7 Å². The van der Waals surface area contributed by atoms with Gasteiger partial charge in [0.15, 0.2) is 0 Å². The summed E-state index contributed by atoms with van der Waals surface area (Å²) in [6.07, 6.45) is -0.165. The molecule has 0 aliphatic carbocycles. The first-order valence-electron chi connectivity index (χ1n) is 6.56. The Labute approximate surface area is 128 Å².